The van der Waals surface area contributed by atoms with E-state index in [0.717, 1.165) is 38.6 Å². The Labute approximate surface area is 107 Å². The minimum atomic E-state index is -4.12. The molecule has 2 unspecified atom stereocenters. The predicted octanol–water partition coefficient (Wildman–Crippen LogP) is 3.66. The van der Waals surface area contributed by atoms with Crippen LogP contribution >= 0.6 is 0 Å². The first-order valence-corrected chi connectivity index (χ1v) is 6.94. The smallest absolute Gasteiger partial charge is 0.376 e. The highest BCUT2D eigenvalue weighted by molar-refractivity contribution is 4.79. The summed E-state index contributed by atoms with van der Waals surface area (Å²) in [7, 11) is 0. The van der Waals surface area contributed by atoms with E-state index in [2.05, 4.69) is 5.32 Å². The molecule has 1 fully saturated rings. The maximum atomic E-state index is 12.1. The molecule has 0 amide bonds. The van der Waals surface area contributed by atoms with Crippen LogP contribution in [0, 0.1) is 0 Å². The second-order valence-electron chi connectivity index (χ2n) is 4.93. The summed E-state index contributed by atoms with van der Waals surface area (Å²) in [5, 5.41) is 3.34. The number of nitrogens with one attached hydrogen (secondary N) is 1. The highest BCUT2D eigenvalue weighted by Crippen LogP contribution is 2.23. The molecule has 0 aromatic carbocycles. The molecule has 1 rings (SSSR count). The van der Waals surface area contributed by atoms with Gasteiger partial charge in [0, 0.05) is 6.04 Å². The molecule has 0 aromatic heterocycles. The van der Waals surface area contributed by atoms with Crippen LogP contribution in [-0.2, 0) is 4.74 Å². The van der Waals surface area contributed by atoms with E-state index in [1.165, 1.54) is 6.42 Å². The predicted molar refractivity (Wildman–Crippen MR) is 65.6 cm³/mol. The monoisotopic (exact) mass is 267 g/mol. The number of hydrogen-bond donors (Lipinski definition) is 1. The van der Waals surface area contributed by atoms with E-state index in [-0.39, 0.29) is 18.8 Å². The number of ether oxygens (including phenoxy) is 1. The molecule has 5 heteroatoms. The first-order chi connectivity index (χ1) is 8.53. The SMILES string of the molecule is CCNC1CCCCCCC1OCCC(F)(F)F. The van der Waals surface area contributed by atoms with Gasteiger partial charge >= 0.3 is 6.18 Å². The summed E-state index contributed by atoms with van der Waals surface area (Å²) >= 11 is 0. The first-order valence-electron chi connectivity index (χ1n) is 6.94. The summed E-state index contributed by atoms with van der Waals surface area (Å²) in [5.41, 5.74) is 0. The minimum absolute atomic E-state index is 0.0624. The molecule has 108 valence electrons. The average molecular weight is 267 g/mol. The van der Waals surface area contributed by atoms with Gasteiger partial charge in [-0.25, -0.2) is 0 Å². The fourth-order valence-electron chi connectivity index (χ4n) is 2.47. The lowest BCUT2D eigenvalue weighted by molar-refractivity contribution is -0.150. The van der Waals surface area contributed by atoms with Gasteiger partial charge in [0.05, 0.1) is 19.1 Å². The van der Waals surface area contributed by atoms with Crippen molar-refractivity contribution in [2.75, 3.05) is 13.2 Å². The van der Waals surface area contributed by atoms with Crippen molar-refractivity contribution in [3.63, 3.8) is 0 Å². The van der Waals surface area contributed by atoms with Gasteiger partial charge in [-0.15, -0.1) is 0 Å². The number of hydrogen-bond acceptors (Lipinski definition) is 2. The largest absolute Gasteiger partial charge is 0.391 e. The maximum absolute atomic E-state index is 12.1. The van der Waals surface area contributed by atoms with Crippen molar-refractivity contribution in [2.45, 2.75) is 70.2 Å². The molecule has 0 bridgehead atoms. The number of rotatable bonds is 5. The zero-order valence-electron chi connectivity index (χ0n) is 11.1. The van der Waals surface area contributed by atoms with Crippen molar-refractivity contribution < 1.29 is 17.9 Å². The Kier molecular flexibility index (Phi) is 7.00. The number of likely N-dealkylation sites (N-methyl/N-ethyl adjacent to an activating group) is 1. The van der Waals surface area contributed by atoms with E-state index in [0.29, 0.717) is 0 Å². The lowest BCUT2D eigenvalue weighted by Crippen LogP contribution is -2.42. The van der Waals surface area contributed by atoms with Crippen LogP contribution in [0.2, 0.25) is 0 Å². The molecule has 0 aliphatic heterocycles. The Morgan fingerprint density at radius 2 is 1.78 bits per heavy atom. The number of alkyl halides is 3. The van der Waals surface area contributed by atoms with Gasteiger partial charge in [-0.3, -0.25) is 0 Å². The second-order valence-corrected chi connectivity index (χ2v) is 4.93. The number of halogens is 3. The molecule has 0 aromatic rings. The molecule has 0 radical (unpaired) electrons. The summed E-state index contributed by atoms with van der Waals surface area (Å²) in [6, 6.07) is 0.212. The third-order valence-electron chi connectivity index (χ3n) is 3.39. The van der Waals surface area contributed by atoms with Crippen LogP contribution < -0.4 is 5.32 Å². The van der Waals surface area contributed by atoms with Crippen LogP contribution in [0.25, 0.3) is 0 Å². The zero-order valence-corrected chi connectivity index (χ0v) is 11.1. The molecule has 18 heavy (non-hydrogen) atoms. The van der Waals surface area contributed by atoms with Crippen LogP contribution in [0.3, 0.4) is 0 Å². The summed E-state index contributed by atoms with van der Waals surface area (Å²) < 4.78 is 41.8. The van der Waals surface area contributed by atoms with Crippen LogP contribution in [0.15, 0.2) is 0 Å². The van der Waals surface area contributed by atoms with E-state index in [1.54, 1.807) is 0 Å². The Morgan fingerprint density at radius 3 is 2.39 bits per heavy atom. The molecular weight excluding hydrogens is 243 g/mol. The summed E-state index contributed by atoms with van der Waals surface area (Å²) in [6.07, 6.45) is 1.43. The van der Waals surface area contributed by atoms with E-state index in [1.807, 2.05) is 6.92 Å². The summed E-state index contributed by atoms with van der Waals surface area (Å²) in [5.74, 6) is 0. The molecule has 0 heterocycles. The molecule has 1 aliphatic rings. The fourth-order valence-corrected chi connectivity index (χ4v) is 2.47. The molecule has 2 atom stereocenters. The Bertz CT molecular complexity index is 221. The van der Waals surface area contributed by atoms with Gasteiger partial charge in [-0.1, -0.05) is 32.6 Å². The maximum Gasteiger partial charge on any atom is 0.391 e. The van der Waals surface area contributed by atoms with Crippen molar-refractivity contribution in [1.29, 1.82) is 0 Å². The highest BCUT2D eigenvalue weighted by atomic mass is 19.4. The normalized spacial score (nSPS) is 26.7. The van der Waals surface area contributed by atoms with Crippen molar-refractivity contribution in [3.05, 3.63) is 0 Å². The van der Waals surface area contributed by atoms with Gasteiger partial charge in [-0.2, -0.15) is 13.2 Å². The first kappa shape index (κ1) is 15.8. The summed E-state index contributed by atoms with van der Waals surface area (Å²) in [4.78, 5) is 0. The highest BCUT2D eigenvalue weighted by Gasteiger charge is 2.29. The fraction of sp³-hybridized carbons (Fsp3) is 1.00. The van der Waals surface area contributed by atoms with Gasteiger partial charge in [0.1, 0.15) is 0 Å². The topological polar surface area (TPSA) is 21.3 Å². The van der Waals surface area contributed by atoms with Gasteiger partial charge < -0.3 is 10.1 Å². The van der Waals surface area contributed by atoms with Crippen LogP contribution in [0.4, 0.5) is 13.2 Å². The Balaban J connectivity index is 2.39. The molecule has 2 nitrogen and oxygen atoms in total. The molecular formula is C13H24F3NO. The Hall–Kier alpha value is -0.290. The van der Waals surface area contributed by atoms with Gasteiger partial charge in [0.2, 0.25) is 0 Å². The van der Waals surface area contributed by atoms with Gasteiger partial charge in [0.15, 0.2) is 0 Å². The minimum Gasteiger partial charge on any atom is -0.376 e. The Morgan fingerprint density at radius 1 is 1.11 bits per heavy atom. The molecule has 0 saturated heterocycles. The van der Waals surface area contributed by atoms with Crippen molar-refractivity contribution in [1.82, 2.24) is 5.32 Å². The van der Waals surface area contributed by atoms with E-state index in [9.17, 15) is 13.2 Å². The van der Waals surface area contributed by atoms with E-state index in [4.69, 9.17) is 4.74 Å². The van der Waals surface area contributed by atoms with E-state index >= 15 is 0 Å². The van der Waals surface area contributed by atoms with Crippen molar-refractivity contribution in [2.24, 2.45) is 0 Å². The van der Waals surface area contributed by atoms with Crippen LogP contribution in [-0.4, -0.2) is 31.5 Å². The van der Waals surface area contributed by atoms with Crippen LogP contribution in [0.1, 0.15) is 51.9 Å². The van der Waals surface area contributed by atoms with E-state index < -0.39 is 12.6 Å². The third kappa shape index (κ3) is 6.59. The zero-order chi connectivity index (χ0) is 13.4. The average Bonchev–Trinajstić information content (AvgIpc) is 2.25. The third-order valence-corrected chi connectivity index (χ3v) is 3.39. The molecule has 1 aliphatic carbocycles. The second kappa shape index (κ2) is 8.00. The van der Waals surface area contributed by atoms with Crippen LogP contribution in [0.5, 0.6) is 0 Å². The molecule has 1 N–H and O–H groups in total. The quantitative estimate of drug-likeness (QED) is 0.821. The lowest BCUT2D eigenvalue weighted by atomic mass is 9.94. The summed E-state index contributed by atoms with van der Waals surface area (Å²) in [6.45, 7) is 2.64. The van der Waals surface area contributed by atoms with Gasteiger partial charge in [0.25, 0.3) is 0 Å². The van der Waals surface area contributed by atoms with Crippen molar-refractivity contribution >= 4 is 0 Å². The molecule has 1 saturated carbocycles. The standard InChI is InChI=1S/C13H24F3NO/c1-2-17-11-7-5-3-4-6-8-12(11)18-10-9-13(14,15)16/h11-12,17H,2-10H2,1H3. The molecule has 0 spiro atoms. The van der Waals surface area contributed by atoms with Gasteiger partial charge in [-0.05, 0) is 19.4 Å². The lowest BCUT2D eigenvalue weighted by Gasteiger charge is -2.30. The van der Waals surface area contributed by atoms with Crippen molar-refractivity contribution in [3.8, 4) is 0 Å².